The van der Waals surface area contributed by atoms with Gasteiger partial charge >= 0.3 is 0 Å². The Bertz CT molecular complexity index is 922. The van der Waals surface area contributed by atoms with Crippen LogP contribution in [0.2, 0.25) is 0 Å². The molecule has 31 heavy (non-hydrogen) atoms. The highest BCUT2D eigenvalue weighted by atomic mass is 32.2. The average molecular weight is 448 g/mol. The summed E-state index contributed by atoms with van der Waals surface area (Å²) >= 11 is 0. The van der Waals surface area contributed by atoms with Crippen molar-refractivity contribution in [1.82, 2.24) is 0 Å². The van der Waals surface area contributed by atoms with E-state index in [2.05, 4.69) is 0 Å². The van der Waals surface area contributed by atoms with E-state index in [0.717, 1.165) is 17.4 Å². The van der Waals surface area contributed by atoms with Crippen LogP contribution >= 0.6 is 0 Å². The smallest absolute Gasteiger partial charge is 0.272 e. The van der Waals surface area contributed by atoms with E-state index in [1.165, 1.54) is 0 Å². The lowest BCUT2D eigenvalue weighted by Crippen LogP contribution is -2.76. The summed E-state index contributed by atoms with van der Waals surface area (Å²) in [7, 11) is -3.76. The second kappa shape index (κ2) is 8.59. The summed E-state index contributed by atoms with van der Waals surface area (Å²) in [6.45, 7) is -0.260. The first-order chi connectivity index (χ1) is 15.0. The Kier molecular flexibility index (Phi) is 5.82. The molecule has 0 amide bonds. The van der Waals surface area contributed by atoms with Crippen molar-refractivity contribution in [3.63, 3.8) is 0 Å². The molecule has 3 aliphatic heterocycles. The Morgan fingerprint density at radius 1 is 0.710 bits per heavy atom. The number of rotatable bonds is 8. The Balaban J connectivity index is 1.39. The molecule has 0 radical (unpaired) electrons. The van der Waals surface area contributed by atoms with Crippen molar-refractivity contribution in [3.05, 3.63) is 71.8 Å². The third kappa shape index (κ3) is 4.54. The van der Waals surface area contributed by atoms with Crippen LogP contribution in [0.25, 0.3) is 0 Å². The normalized spacial score (nSPS) is 34.2. The maximum Gasteiger partial charge on any atom is 0.272 e. The molecule has 7 atom stereocenters. The quantitative estimate of drug-likeness (QED) is 0.567. The fourth-order valence-electron chi connectivity index (χ4n) is 4.29. The van der Waals surface area contributed by atoms with Gasteiger partial charge in [0.2, 0.25) is 0 Å². The summed E-state index contributed by atoms with van der Waals surface area (Å²) in [4.78, 5) is 0. The molecule has 9 heteroatoms. The SMILES string of the molecule is CS(=O)(=O)OC1[C@H]2OC3OC([C@@H](OCc4ccccc4)[C@H]1O3)[C@@H]2OCc1ccccc1. The van der Waals surface area contributed by atoms with Crippen molar-refractivity contribution in [3.8, 4) is 0 Å². The Hall–Kier alpha value is -1.85. The van der Waals surface area contributed by atoms with Gasteiger partial charge in [0, 0.05) is 0 Å². The van der Waals surface area contributed by atoms with Crippen LogP contribution in [0.15, 0.2) is 60.7 Å². The minimum Gasteiger partial charge on any atom is -0.368 e. The van der Waals surface area contributed by atoms with Crippen LogP contribution in [0.3, 0.4) is 0 Å². The third-order valence-corrected chi connectivity index (χ3v) is 6.18. The van der Waals surface area contributed by atoms with Crippen LogP contribution in [0.1, 0.15) is 11.1 Å². The molecule has 4 bridgehead atoms. The number of hydrogen-bond donors (Lipinski definition) is 0. The maximum absolute atomic E-state index is 11.9. The first kappa shape index (κ1) is 21.0. The van der Waals surface area contributed by atoms with Crippen LogP contribution in [0.5, 0.6) is 0 Å². The fraction of sp³-hybridized carbons (Fsp3) is 0.455. The van der Waals surface area contributed by atoms with Crippen LogP contribution in [-0.2, 0) is 51.2 Å². The molecule has 4 aliphatic rings. The van der Waals surface area contributed by atoms with Gasteiger partial charge in [0.05, 0.1) is 19.5 Å². The predicted octanol–water partition coefficient (Wildman–Crippen LogP) is 1.98. The first-order valence-corrected chi connectivity index (χ1v) is 12.0. The molecule has 2 aromatic carbocycles. The molecule has 0 spiro atoms. The Morgan fingerprint density at radius 2 is 1.13 bits per heavy atom. The van der Waals surface area contributed by atoms with E-state index >= 15 is 0 Å². The van der Waals surface area contributed by atoms with Crippen molar-refractivity contribution in [2.24, 2.45) is 0 Å². The van der Waals surface area contributed by atoms with Gasteiger partial charge in [-0.25, -0.2) is 0 Å². The molecule has 3 saturated heterocycles. The fourth-order valence-corrected chi connectivity index (χ4v) is 4.91. The van der Waals surface area contributed by atoms with Gasteiger partial charge in [0.15, 0.2) is 0 Å². The largest absolute Gasteiger partial charge is 0.368 e. The van der Waals surface area contributed by atoms with Gasteiger partial charge in [-0.3, -0.25) is 4.18 Å². The molecule has 6 rings (SSSR count). The average Bonchev–Trinajstić information content (AvgIpc) is 2.76. The third-order valence-electron chi connectivity index (χ3n) is 5.60. The zero-order valence-corrected chi connectivity index (χ0v) is 17.7. The first-order valence-electron chi connectivity index (χ1n) is 10.1. The molecule has 0 aromatic heterocycles. The molecule has 1 aliphatic carbocycles. The van der Waals surface area contributed by atoms with Crippen LogP contribution in [0, 0.1) is 0 Å². The second-order valence-electron chi connectivity index (χ2n) is 7.88. The van der Waals surface area contributed by atoms with Crippen LogP contribution < -0.4 is 0 Å². The molecule has 3 unspecified atom stereocenters. The van der Waals surface area contributed by atoms with Crippen molar-refractivity contribution < 1.29 is 36.3 Å². The van der Waals surface area contributed by atoms with E-state index < -0.39 is 53.2 Å². The van der Waals surface area contributed by atoms with E-state index in [1.807, 2.05) is 60.7 Å². The highest BCUT2D eigenvalue weighted by Gasteiger charge is 2.64. The second-order valence-corrected chi connectivity index (χ2v) is 9.48. The summed E-state index contributed by atoms with van der Waals surface area (Å²) in [6, 6.07) is 19.4. The minimum atomic E-state index is -3.76. The van der Waals surface area contributed by atoms with Gasteiger partial charge in [-0.2, -0.15) is 8.42 Å². The minimum absolute atomic E-state index is 0.318. The highest BCUT2D eigenvalue weighted by molar-refractivity contribution is 7.86. The van der Waals surface area contributed by atoms with E-state index in [0.29, 0.717) is 13.2 Å². The van der Waals surface area contributed by atoms with E-state index in [1.54, 1.807) is 0 Å². The topological polar surface area (TPSA) is 89.5 Å². The van der Waals surface area contributed by atoms with Gasteiger partial charge in [-0.15, -0.1) is 0 Å². The molecule has 0 N–H and O–H groups in total. The van der Waals surface area contributed by atoms with Crippen molar-refractivity contribution in [2.45, 2.75) is 56.3 Å². The Labute approximate surface area is 181 Å². The van der Waals surface area contributed by atoms with Crippen LogP contribution in [0.4, 0.5) is 0 Å². The van der Waals surface area contributed by atoms with E-state index in [-0.39, 0.29) is 0 Å². The van der Waals surface area contributed by atoms with Gasteiger partial charge < -0.3 is 23.7 Å². The summed E-state index contributed by atoms with van der Waals surface area (Å²) in [6.07, 6.45) is -2.83. The molecule has 4 fully saturated rings. The lowest BCUT2D eigenvalue weighted by Gasteiger charge is -2.58. The summed E-state index contributed by atoms with van der Waals surface area (Å²) < 4.78 is 59.1. The van der Waals surface area contributed by atoms with Crippen molar-refractivity contribution in [1.29, 1.82) is 0 Å². The van der Waals surface area contributed by atoms with Crippen molar-refractivity contribution in [2.75, 3.05) is 6.26 Å². The monoisotopic (exact) mass is 448 g/mol. The van der Waals surface area contributed by atoms with Gasteiger partial charge in [0.25, 0.3) is 16.6 Å². The molecular weight excluding hydrogens is 424 g/mol. The van der Waals surface area contributed by atoms with E-state index in [4.69, 9.17) is 27.9 Å². The summed E-state index contributed by atoms with van der Waals surface area (Å²) in [5.74, 6) is 0. The zero-order chi connectivity index (χ0) is 21.4. The van der Waals surface area contributed by atoms with Gasteiger partial charge in [0.1, 0.15) is 36.6 Å². The van der Waals surface area contributed by atoms with Crippen LogP contribution in [-0.4, -0.2) is 57.8 Å². The number of hydrogen-bond acceptors (Lipinski definition) is 8. The molecule has 1 saturated carbocycles. The predicted molar refractivity (Wildman–Crippen MR) is 108 cm³/mol. The molecule has 3 heterocycles. The number of ether oxygens (including phenoxy) is 5. The van der Waals surface area contributed by atoms with Gasteiger partial charge in [-0.05, 0) is 11.1 Å². The lowest BCUT2D eigenvalue weighted by molar-refractivity contribution is -0.484. The number of benzene rings is 2. The molecule has 166 valence electrons. The highest BCUT2D eigenvalue weighted by Crippen LogP contribution is 2.44. The zero-order valence-electron chi connectivity index (χ0n) is 16.9. The van der Waals surface area contributed by atoms with Gasteiger partial charge in [-0.1, -0.05) is 60.7 Å². The summed E-state index contributed by atoms with van der Waals surface area (Å²) in [5.41, 5.74) is 1.96. The van der Waals surface area contributed by atoms with Crippen molar-refractivity contribution >= 4 is 10.1 Å². The summed E-state index contributed by atoms with van der Waals surface area (Å²) in [5, 5.41) is 0. The maximum atomic E-state index is 11.9. The molecule has 2 aromatic rings. The van der Waals surface area contributed by atoms with E-state index in [9.17, 15) is 8.42 Å². The Morgan fingerprint density at radius 3 is 1.55 bits per heavy atom. The lowest BCUT2D eigenvalue weighted by atomic mass is 9.82. The molecular formula is C22H24O8S. The standard InChI is InChI=1S/C22H24O8S/c1-31(23,24)30-21-19-16(25-12-14-8-4-2-5-9-14)18-17(20(21)29-22(27-18)28-19)26-13-15-10-6-3-7-11-15/h2-11,16-22H,12-13H2,1H3/t16-,17+,18?,19-,20+,21?,22?. The molecule has 8 nitrogen and oxygen atoms in total.